The van der Waals surface area contributed by atoms with Crippen LogP contribution >= 0.6 is 0 Å². The number of benzene rings is 1. The molecule has 5 aliphatic heterocycles. The van der Waals surface area contributed by atoms with Crippen LogP contribution in [0.2, 0.25) is 0 Å². The molecule has 6 heteroatoms. The topological polar surface area (TPSA) is 78.5 Å². The van der Waals surface area contributed by atoms with Gasteiger partial charge in [-0.15, -0.1) is 0 Å². The second-order valence-electron chi connectivity index (χ2n) is 9.31. The summed E-state index contributed by atoms with van der Waals surface area (Å²) in [6.45, 7) is 4.75. The maximum atomic E-state index is 13.6. The van der Waals surface area contributed by atoms with E-state index in [-0.39, 0.29) is 24.0 Å². The molecule has 27 heavy (non-hydrogen) atoms. The van der Waals surface area contributed by atoms with Crippen LogP contribution in [0.1, 0.15) is 49.9 Å². The van der Waals surface area contributed by atoms with E-state index in [2.05, 4.69) is 24.5 Å². The zero-order chi connectivity index (χ0) is 18.8. The fourth-order valence-electron chi connectivity index (χ4n) is 6.65. The van der Waals surface area contributed by atoms with Crippen LogP contribution in [0.5, 0.6) is 0 Å². The molecule has 5 fully saturated rings. The lowest BCUT2D eigenvalue weighted by Crippen LogP contribution is -2.80. The molecule has 139 valence electrons. The van der Waals surface area contributed by atoms with Crippen LogP contribution < -0.4 is 10.6 Å². The van der Waals surface area contributed by atoms with Crippen LogP contribution in [0.15, 0.2) is 24.3 Å². The standard InChI is InChI=1S/C21H22N3O3/c1-18(2)14-10-19-8-5-9-24(19)17(27)20(14,23-16(19)26)11-21(18)15(25)12-6-3-4-7-13(12)22-21/h3-4,6-7,22H,5,8-11H2,1-2H3,(H,23,26)/t19-,20?,21+/m1/s1. The van der Waals surface area contributed by atoms with E-state index in [4.69, 9.17) is 0 Å². The molecule has 1 aromatic carbocycles. The minimum Gasteiger partial charge on any atom is -0.371 e. The van der Waals surface area contributed by atoms with Gasteiger partial charge in [-0.2, -0.15) is 0 Å². The third-order valence-electron chi connectivity index (χ3n) is 8.09. The van der Waals surface area contributed by atoms with Gasteiger partial charge < -0.3 is 15.5 Å². The first-order chi connectivity index (χ1) is 12.8. The molecule has 7 rings (SSSR count). The van der Waals surface area contributed by atoms with Crippen molar-refractivity contribution in [3.05, 3.63) is 35.7 Å². The second-order valence-corrected chi connectivity index (χ2v) is 9.31. The van der Waals surface area contributed by atoms with Gasteiger partial charge in [-0.25, -0.2) is 0 Å². The van der Waals surface area contributed by atoms with Gasteiger partial charge in [-0.1, -0.05) is 26.0 Å². The van der Waals surface area contributed by atoms with Gasteiger partial charge in [0.05, 0.1) is 0 Å². The summed E-state index contributed by atoms with van der Waals surface area (Å²) in [4.78, 5) is 42.0. The minimum absolute atomic E-state index is 0.0173. The zero-order valence-corrected chi connectivity index (χ0v) is 15.5. The molecule has 5 heterocycles. The van der Waals surface area contributed by atoms with Crippen molar-refractivity contribution in [2.24, 2.45) is 5.41 Å². The number of carbonyl (C=O) groups is 3. The summed E-state index contributed by atoms with van der Waals surface area (Å²) in [5, 5.41) is 6.59. The van der Waals surface area contributed by atoms with Crippen molar-refractivity contribution in [2.45, 2.75) is 56.1 Å². The lowest BCUT2D eigenvalue weighted by atomic mass is 9.59. The van der Waals surface area contributed by atoms with E-state index in [9.17, 15) is 14.4 Å². The van der Waals surface area contributed by atoms with Gasteiger partial charge in [0.2, 0.25) is 11.8 Å². The van der Waals surface area contributed by atoms with E-state index in [1.54, 1.807) is 4.90 Å². The average molecular weight is 364 g/mol. The SMILES string of the molecule is CC1(C)[C]2C[C@@]34CCCN3C(=O)C2(C[C@@]12Nc1ccccc1C2=O)NC4=O. The molecule has 3 atom stereocenters. The van der Waals surface area contributed by atoms with Crippen LogP contribution in [0.3, 0.4) is 0 Å². The number of para-hydroxylation sites is 1. The fraction of sp³-hybridized carbons (Fsp3) is 0.524. The summed E-state index contributed by atoms with van der Waals surface area (Å²) in [5.41, 5.74) is -1.76. The first-order valence-corrected chi connectivity index (χ1v) is 9.72. The summed E-state index contributed by atoms with van der Waals surface area (Å²) in [7, 11) is 0. The Kier molecular flexibility index (Phi) is 2.44. The Morgan fingerprint density at radius 1 is 1.07 bits per heavy atom. The van der Waals surface area contributed by atoms with E-state index in [0.717, 1.165) is 18.0 Å². The van der Waals surface area contributed by atoms with Crippen molar-refractivity contribution in [1.29, 1.82) is 0 Å². The third kappa shape index (κ3) is 1.38. The molecule has 1 radical (unpaired) electrons. The normalized spacial score (nSPS) is 40.8. The van der Waals surface area contributed by atoms with E-state index in [1.807, 2.05) is 24.3 Å². The number of hydrogen-bond donors (Lipinski definition) is 2. The van der Waals surface area contributed by atoms with E-state index >= 15 is 0 Å². The number of Topliss-reactive ketones (excluding diaryl/α,β-unsaturated/α-hetero) is 1. The number of nitrogens with zero attached hydrogens (tertiary/aromatic N) is 1. The Bertz CT molecular complexity index is 956. The van der Waals surface area contributed by atoms with Crippen molar-refractivity contribution < 1.29 is 14.4 Å². The molecule has 2 N–H and O–H groups in total. The number of amides is 2. The van der Waals surface area contributed by atoms with Crippen molar-refractivity contribution in [3.63, 3.8) is 0 Å². The highest BCUT2D eigenvalue weighted by Gasteiger charge is 2.80. The Hall–Kier alpha value is -2.37. The summed E-state index contributed by atoms with van der Waals surface area (Å²) in [6.07, 6.45) is 2.42. The number of rotatable bonds is 0. The maximum absolute atomic E-state index is 13.6. The number of hydrogen-bond acceptors (Lipinski definition) is 4. The highest BCUT2D eigenvalue weighted by atomic mass is 16.2. The molecule has 1 aliphatic carbocycles. The molecule has 2 bridgehead atoms. The highest BCUT2D eigenvalue weighted by Crippen LogP contribution is 2.67. The minimum atomic E-state index is -1.06. The molecular formula is C21H22N3O3. The summed E-state index contributed by atoms with van der Waals surface area (Å²) in [6, 6.07) is 7.53. The fourth-order valence-corrected chi connectivity index (χ4v) is 6.65. The number of ketones is 1. The molecule has 1 aromatic rings. The molecular weight excluding hydrogens is 342 g/mol. The predicted molar refractivity (Wildman–Crippen MR) is 97.9 cm³/mol. The van der Waals surface area contributed by atoms with Crippen molar-refractivity contribution in [1.82, 2.24) is 10.2 Å². The monoisotopic (exact) mass is 364 g/mol. The summed E-state index contributed by atoms with van der Waals surface area (Å²) in [5.74, 6) is 0.990. The quantitative estimate of drug-likeness (QED) is 0.734. The van der Waals surface area contributed by atoms with Gasteiger partial charge in [0.15, 0.2) is 5.78 Å². The Morgan fingerprint density at radius 2 is 1.85 bits per heavy atom. The first-order valence-electron chi connectivity index (χ1n) is 9.72. The molecule has 6 nitrogen and oxygen atoms in total. The lowest BCUT2D eigenvalue weighted by molar-refractivity contribution is -0.165. The Labute approximate surface area is 157 Å². The van der Waals surface area contributed by atoms with E-state index in [1.165, 1.54) is 0 Å². The molecule has 3 spiro atoms. The second kappa shape index (κ2) is 4.21. The molecule has 6 aliphatic rings. The largest absolute Gasteiger partial charge is 0.371 e. The number of piperidine rings is 2. The summed E-state index contributed by atoms with van der Waals surface area (Å²) >= 11 is 0. The lowest BCUT2D eigenvalue weighted by Gasteiger charge is -2.58. The van der Waals surface area contributed by atoms with E-state index in [0.29, 0.717) is 24.9 Å². The van der Waals surface area contributed by atoms with Gasteiger partial charge in [-0.3, -0.25) is 14.4 Å². The van der Waals surface area contributed by atoms with E-state index < -0.39 is 22.0 Å². The maximum Gasteiger partial charge on any atom is 0.249 e. The average Bonchev–Trinajstić information content (AvgIpc) is 3.24. The third-order valence-corrected chi connectivity index (χ3v) is 8.09. The van der Waals surface area contributed by atoms with Crippen LogP contribution in [-0.4, -0.2) is 45.7 Å². The number of piperazine rings is 1. The number of anilines is 1. The smallest absolute Gasteiger partial charge is 0.249 e. The first kappa shape index (κ1) is 15.7. The van der Waals surface area contributed by atoms with Crippen LogP contribution in [0, 0.1) is 11.3 Å². The number of carbonyl (C=O) groups excluding carboxylic acids is 3. The molecule has 1 unspecified atom stereocenters. The van der Waals surface area contributed by atoms with Crippen LogP contribution in [0.25, 0.3) is 0 Å². The summed E-state index contributed by atoms with van der Waals surface area (Å²) < 4.78 is 0. The molecule has 4 saturated heterocycles. The molecule has 0 aromatic heterocycles. The molecule has 2 amide bonds. The predicted octanol–water partition coefficient (Wildman–Crippen LogP) is 1.67. The Balaban J connectivity index is 1.55. The van der Waals surface area contributed by atoms with Crippen molar-refractivity contribution >= 4 is 23.3 Å². The molecule has 1 saturated carbocycles. The highest BCUT2D eigenvalue weighted by molar-refractivity contribution is 6.17. The van der Waals surface area contributed by atoms with Crippen LogP contribution in [-0.2, 0) is 9.59 Å². The van der Waals surface area contributed by atoms with Gasteiger partial charge in [-0.05, 0) is 31.4 Å². The van der Waals surface area contributed by atoms with Gasteiger partial charge >= 0.3 is 0 Å². The van der Waals surface area contributed by atoms with Crippen LogP contribution in [0.4, 0.5) is 5.69 Å². The van der Waals surface area contributed by atoms with Crippen molar-refractivity contribution in [2.75, 3.05) is 11.9 Å². The Morgan fingerprint density at radius 3 is 2.63 bits per heavy atom. The zero-order valence-electron chi connectivity index (χ0n) is 15.5. The van der Waals surface area contributed by atoms with Gasteiger partial charge in [0.25, 0.3) is 0 Å². The number of fused-ring (bicyclic) bond motifs is 2. The van der Waals surface area contributed by atoms with Gasteiger partial charge in [0, 0.05) is 35.5 Å². The van der Waals surface area contributed by atoms with Crippen molar-refractivity contribution in [3.8, 4) is 0 Å². The van der Waals surface area contributed by atoms with Gasteiger partial charge in [0.1, 0.15) is 16.6 Å². The number of nitrogens with one attached hydrogen (secondary N) is 2.